The Balaban J connectivity index is 1.58. The molecule has 0 fully saturated rings. The number of carbonyl (C=O) groups is 1. The van der Waals surface area contributed by atoms with Crippen LogP contribution in [0.15, 0.2) is 67.1 Å². The molecule has 2 heterocycles. The van der Waals surface area contributed by atoms with E-state index in [-0.39, 0.29) is 5.91 Å². The summed E-state index contributed by atoms with van der Waals surface area (Å²) in [7, 11) is 3.96. The number of anilines is 3. The molecule has 0 saturated carbocycles. The lowest BCUT2D eigenvalue weighted by Gasteiger charge is -2.16. The third-order valence-electron chi connectivity index (χ3n) is 5.92. The van der Waals surface area contributed by atoms with E-state index in [9.17, 15) is 10.1 Å². The van der Waals surface area contributed by atoms with Crippen LogP contribution in [0, 0.1) is 11.3 Å². The molecular formula is C30H32N6O3. The molecule has 9 heteroatoms. The van der Waals surface area contributed by atoms with Crippen molar-refractivity contribution in [3.05, 3.63) is 78.2 Å². The number of nitrogens with one attached hydrogen (secondary N) is 2. The summed E-state index contributed by atoms with van der Waals surface area (Å²) in [5.41, 5.74) is 3.91. The van der Waals surface area contributed by atoms with Crippen LogP contribution in [0.1, 0.15) is 30.9 Å². The van der Waals surface area contributed by atoms with Crippen LogP contribution in [-0.4, -0.2) is 48.0 Å². The van der Waals surface area contributed by atoms with Crippen molar-refractivity contribution in [1.29, 1.82) is 5.26 Å². The molecule has 2 aromatic carbocycles. The molecule has 4 aromatic rings. The van der Waals surface area contributed by atoms with E-state index in [1.54, 1.807) is 18.5 Å². The molecule has 0 aliphatic carbocycles. The largest absolute Gasteiger partial charge is 0.492 e. The van der Waals surface area contributed by atoms with E-state index in [0.29, 0.717) is 59.0 Å². The van der Waals surface area contributed by atoms with Gasteiger partial charge in [-0.05, 0) is 70.4 Å². The Morgan fingerprint density at radius 2 is 1.92 bits per heavy atom. The van der Waals surface area contributed by atoms with Crippen molar-refractivity contribution in [2.45, 2.75) is 26.4 Å². The number of nitrogens with zero attached hydrogens (tertiary/aromatic N) is 4. The Bertz CT molecular complexity index is 1450. The van der Waals surface area contributed by atoms with E-state index < -0.39 is 0 Å². The minimum Gasteiger partial charge on any atom is -0.492 e. The Hall–Kier alpha value is -4.68. The van der Waals surface area contributed by atoms with Crippen molar-refractivity contribution < 1.29 is 14.3 Å². The van der Waals surface area contributed by atoms with Crippen molar-refractivity contribution >= 4 is 33.9 Å². The van der Waals surface area contributed by atoms with E-state index in [1.165, 1.54) is 6.20 Å². The van der Waals surface area contributed by atoms with Crippen molar-refractivity contribution in [1.82, 2.24) is 14.9 Å². The predicted octanol–water partition coefficient (Wildman–Crippen LogP) is 5.50. The summed E-state index contributed by atoms with van der Waals surface area (Å²) >= 11 is 0. The van der Waals surface area contributed by atoms with Crippen LogP contribution < -0.4 is 20.1 Å². The average molecular weight is 525 g/mol. The van der Waals surface area contributed by atoms with E-state index in [4.69, 9.17) is 9.47 Å². The van der Waals surface area contributed by atoms with Crippen LogP contribution in [0.5, 0.6) is 11.5 Å². The van der Waals surface area contributed by atoms with Crippen LogP contribution in [0.25, 0.3) is 10.9 Å². The number of benzene rings is 2. The molecule has 39 heavy (non-hydrogen) atoms. The summed E-state index contributed by atoms with van der Waals surface area (Å²) in [5, 5.41) is 16.9. The van der Waals surface area contributed by atoms with Gasteiger partial charge in [0.05, 0.1) is 29.1 Å². The number of aromatic nitrogens is 2. The van der Waals surface area contributed by atoms with Crippen LogP contribution in [0.2, 0.25) is 0 Å². The molecule has 0 atom stereocenters. The van der Waals surface area contributed by atoms with Crippen molar-refractivity contribution in [2.75, 3.05) is 37.9 Å². The second-order valence-electron chi connectivity index (χ2n) is 9.21. The standard InChI is InChI=1S/C30H32N6O3/c1-4-38-28-16-26-25(15-27(28)35-29(37)8-6-14-36(2)3)30(22(17-31)19-33-26)34-23-9-11-24(12-10-23)39-20-21-7-5-13-32-18-21/h5,7,9-13,15-16,18-19H,4,6,8,14,20H2,1-3H3,(H,33,34)(H,35,37). The summed E-state index contributed by atoms with van der Waals surface area (Å²) in [6.07, 6.45) is 6.16. The van der Waals surface area contributed by atoms with Gasteiger partial charge in [-0.1, -0.05) is 6.07 Å². The zero-order valence-corrected chi connectivity index (χ0v) is 22.4. The lowest BCUT2D eigenvalue weighted by atomic mass is 10.1. The van der Waals surface area contributed by atoms with Crippen LogP contribution >= 0.6 is 0 Å². The van der Waals surface area contributed by atoms with Gasteiger partial charge in [-0.3, -0.25) is 14.8 Å². The quantitative estimate of drug-likeness (QED) is 0.250. The summed E-state index contributed by atoms with van der Waals surface area (Å²) in [4.78, 5) is 23.3. The van der Waals surface area contributed by atoms with Crippen LogP contribution in [-0.2, 0) is 11.4 Å². The van der Waals surface area contributed by atoms with Gasteiger partial charge in [-0.2, -0.15) is 5.26 Å². The molecule has 2 aromatic heterocycles. The molecule has 0 bridgehead atoms. The number of rotatable bonds is 12. The minimum absolute atomic E-state index is 0.0991. The first-order valence-electron chi connectivity index (χ1n) is 12.8. The second kappa shape index (κ2) is 13.2. The highest BCUT2D eigenvalue weighted by Crippen LogP contribution is 2.36. The van der Waals surface area contributed by atoms with Gasteiger partial charge in [0.25, 0.3) is 0 Å². The third kappa shape index (κ3) is 7.43. The van der Waals surface area contributed by atoms with E-state index in [2.05, 4.69) is 26.7 Å². The molecule has 0 unspecified atom stereocenters. The van der Waals surface area contributed by atoms with Crippen molar-refractivity contribution in [3.63, 3.8) is 0 Å². The van der Waals surface area contributed by atoms with Crippen LogP contribution in [0.3, 0.4) is 0 Å². The molecule has 9 nitrogen and oxygen atoms in total. The van der Waals surface area contributed by atoms with Gasteiger partial charge < -0.3 is 25.0 Å². The molecule has 4 rings (SSSR count). The van der Waals surface area contributed by atoms with Gasteiger partial charge >= 0.3 is 0 Å². The van der Waals surface area contributed by atoms with Gasteiger partial charge in [0, 0.05) is 47.7 Å². The SMILES string of the molecule is CCOc1cc2ncc(C#N)c(Nc3ccc(OCc4cccnc4)cc3)c2cc1NC(=O)CCCN(C)C. The van der Waals surface area contributed by atoms with E-state index >= 15 is 0 Å². The molecule has 0 radical (unpaired) electrons. The lowest BCUT2D eigenvalue weighted by Crippen LogP contribution is -2.17. The highest BCUT2D eigenvalue weighted by molar-refractivity contribution is 6.02. The number of carbonyl (C=O) groups excluding carboxylic acids is 1. The molecular weight excluding hydrogens is 492 g/mol. The first-order chi connectivity index (χ1) is 19.0. The summed E-state index contributed by atoms with van der Waals surface area (Å²) < 4.78 is 11.7. The fraction of sp³-hybridized carbons (Fsp3) is 0.267. The van der Waals surface area contributed by atoms with Gasteiger partial charge in [0.2, 0.25) is 5.91 Å². The zero-order chi connectivity index (χ0) is 27.6. The third-order valence-corrected chi connectivity index (χ3v) is 5.92. The summed E-state index contributed by atoms with van der Waals surface area (Å²) in [5.74, 6) is 1.15. The predicted molar refractivity (Wildman–Crippen MR) is 152 cm³/mol. The number of ether oxygens (including phenoxy) is 2. The second-order valence-corrected chi connectivity index (χ2v) is 9.21. The normalized spacial score (nSPS) is 10.7. The molecule has 0 spiro atoms. The number of hydrogen-bond acceptors (Lipinski definition) is 8. The number of hydrogen-bond donors (Lipinski definition) is 2. The van der Waals surface area contributed by atoms with Crippen molar-refractivity contribution in [3.8, 4) is 17.6 Å². The maximum Gasteiger partial charge on any atom is 0.224 e. The van der Waals surface area contributed by atoms with Gasteiger partial charge in [-0.25, -0.2) is 0 Å². The zero-order valence-electron chi connectivity index (χ0n) is 22.4. The monoisotopic (exact) mass is 524 g/mol. The van der Waals surface area contributed by atoms with Crippen LogP contribution in [0.4, 0.5) is 17.1 Å². The summed E-state index contributed by atoms with van der Waals surface area (Å²) in [6.45, 7) is 3.56. The highest BCUT2D eigenvalue weighted by atomic mass is 16.5. The topological polar surface area (TPSA) is 112 Å². The van der Waals surface area contributed by atoms with Gasteiger partial charge in [0.15, 0.2) is 0 Å². The molecule has 0 aliphatic heterocycles. The van der Waals surface area contributed by atoms with E-state index in [0.717, 1.165) is 24.2 Å². The molecule has 2 N–H and O–H groups in total. The minimum atomic E-state index is -0.0991. The molecule has 0 saturated heterocycles. The maximum atomic E-state index is 12.7. The Labute approximate surface area is 228 Å². The number of pyridine rings is 2. The average Bonchev–Trinajstić information content (AvgIpc) is 2.94. The Morgan fingerprint density at radius 1 is 1.10 bits per heavy atom. The lowest BCUT2D eigenvalue weighted by molar-refractivity contribution is -0.116. The Kier molecular flexibility index (Phi) is 9.27. The smallest absolute Gasteiger partial charge is 0.224 e. The summed E-state index contributed by atoms with van der Waals surface area (Å²) in [6, 6.07) is 17.1. The van der Waals surface area contributed by atoms with Gasteiger partial charge in [-0.15, -0.1) is 0 Å². The Morgan fingerprint density at radius 3 is 2.62 bits per heavy atom. The number of amides is 1. The highest BCUT2D eigenvalue weighted by Gasteiger charge is 2.16. The van der Waals surface area contributed by atoms with E-state index in [1.807, 2.05) is 68.4 Å². The fourth-order valence-electron chi connectivity index (χ4n) is 4.01. The first-order valence-corrected chi connectivity index (χ1v) is 12.8. The van der Waals surface area contributed by atoms with Gasteiger partial charge in [0.1, 0.15) is 24.2 Å². The number of fused-ring (bicyclic) bond motifs is 1. The fourth-order valence-corrected chi connectivity index (χ4v) is 4.01. The molecule has 200 valence electrons. The molecule has 0 aliphatic rings. The first kappa shape index (κ1) is 27.4. The van der Waals surface area contributed by atoms with Crippen molar-refractivity contribution in [2.24, 2.45) is 0 Å². The number of nitriles is 1. The molecule has 1 amide bonds. The maximum absolute atomic E-state index is 12.7.